The van der Waals surface area contributed by atoms with Crippen LogP contribution >= 0.6 is 34.5 Å². The van der Waals surface area contributed by atoms with E-state index in [1.54, 1.807) is 30.3 Å². The summed E-state index contributed by atoms with van der Waals surface area (Å²) < 4.78 is 50.7. The largest absolute Gasteiger partial charge is 0.461 e. The summed E-state index contributed by atoms with van der Waals surface area (Å²) in [5, 5.41) is 2.56. The van der Waals surface area contributed by atoms with Crippen molar-refractivity contribution in [3.05, 3.63) is 57.9 Å². The van der Waals surface area contributed by atoms with E-state index >= 15 is 0 Å². The molecule has 0 fully saturated rings. The molecule has 2 rings (SSSR count). The molecule has 2 aromatic rings. The normalized spacial score (nSPS) is 13.7. The molecule has 1 aromatic heterocycles. The molecule has 1 aromatic carbocycles. The van der Waals surface area contributed by atoms with E-state index in [1.165, 1.54) is 25.2 Å². The summed E-state index contributed by atoms with van der Waals surface area (Å²) in [6.07, 6.45) is -4.07. The van der Waals surface area contributed by atoms with Crippen molar-refractivity contribution >= 4 is 40.5 Å². The third-order valence-electron chi connectivity index (χ3n) is 4.05. The molecular formula is C20H19Cl2F3O3S. The zero-order valence-corrected chi connectivity index (χ0v) is 17.9. The van der Waals surface area contributed by atoms with E-state index in [-0.39, 0.29) is 6.61 Å². The fourth-order valence-corrected chi connectivity index (χ4v) is 3.62. The standard InChI is InChI=1S/C20H19Cl2F3O3S/c1-12(2)18(15(10-16(21)22)20(23,24)25)19(26)27-11-13-5-3-6-14(9-13)28-17-7-4-8-29-17/h3-10,12,15,18H,11H2,1-2H3. The minimum atomic E-state index is -4.70. The number of hydrogen-bond acceptors (Lipinski definition) is 4. The molecule has 0 N–H and O–H groups in total. The number of thiophene rings is 1. The van der Waals surface area contributed by atoms with Crippen LogP contribution in [0.15, 0.2) is 52.3 Å². The Labute approximate surface area is 181 Å². The quantitative estimate of drug-likeness (QED) is 0.381. The van der Waals surface area contributed by atoms with Gasteiger partial charge in [0, 0.05) is 0 Å². The lowest BCUT2D eigenvalue weighted by Crippen LogP contribution is -2.37. The van der Waals surface area contributed by atoms with Crippen molar-refractivity contribution in [3.8, 4) is 10.8 Å². The molecule has 0 saturated carbocycles. The van der Waals surface area contributed by atoms with Gasteiger partial charge < -0.3 is 9.47 Å². The number of allylic oxidation sites excluding steroid dienone is 1. The summed E-state index contributed by atoms with van der Waals surface area (Å²) >= 11 is 12.3. The summed E-state index contributed by atoms with van der Waals surface area (Å²) in [6, 6.07) is 10.4. The van der Waals surface area contributed by atoms with Crippen LogP contribution in [0.5, 0.6) is 10.8 Å². The molecule has 0 bridgehead atoms. The van der Waals surface area contributed by atoms with E-state index in [0.29, 0.717) is 22.5 Å². The molecule has 158 valence electrons. The summed E-state index contributed by atoms with van der Waals surface area (Å²) in [5.74, 6) is -4.71. The first-order valence-electron chi connectivity index (χ1n) is 8.64. The number of benzene rings is 1. The number of esters is 1. The maximum absolute atomic E-state index is 13.5. The molecule has 2 atom stereocenters. The van der Waals surface area contributed by atoms with Crippen molar-refractivity contribution in [2.75, 3.05) is 0 Å². The number of halogens is 5. The summed E-state index contributed by atoms with van der Waals surface area (Å²) in [6.45, 7) is 2.83. The molecule has 2 unspecified atom stereocenters. The van der Waals surface area contributed by atoms with Gasteiger partial charge in [-0.15, -0.1) is 11.3 Å². The number of carbonyl (C=O) groups excluding carboxylic acids is 1. The lowest BCUT2D eigenvalue weighted by Gasteiger charge is -2.28. The fourth-order valence-electron chi connectivity index (χ4n) is 2.76. The van der Waals surface area contributed by atoms with Crippen molar-refractivity contribution in [1.82, 2.24) is 0 Å². The predicted octanol–water partition coefficient (Wildman–Crippen LogP) is 7.35. The highest BCUT2D eigenvalue weighted by atomic mass is 35.5. The van der Waals surface area contributed by atoms with Gasteiger partial charge in [0.25, 0.3) is 0 Å². The van der Waals surface area contributed by atoms with Crippen LogP contribution in [-0.4, -0.2) is 12.1 Å². The Balaban J connectivity index is 2.11. The molecule has 0 aliphatic heterocycles. The highest BCUT2D eigenvalue weighted by Gasteiger charge is 2.48. The third kappa shape index (κ3) is 7.24. The average molecular weight is 467 g/mol. The molecule has 3 nitrogen and oxygen atoms in total. The monoisotopic (exact) mass is 466 g/mol. The van der Waals surface area contributed by atoms with Gasteiger partial charge in [0.05, 0.1) is 11.8 Å². The van der Waals surface area contributed by atoms with Gasteiger partial charge in [-0.2, -0.15) is 13.2 Å². The molecule has 0 aliphatic rings. The number of hydrogen-bond donors (Lipinski definition) is 0. The van der Waals surface area contributed by atoms with Crippen molar-refractivity contribution in [1.29, 1.82) is 0 Å². The van der Waals surface area contributed by atoms with Crippen LogP contribution < -0.4 is 4.74 Å². The number of ether oxygens (including phenoxy) is 2. The third-order valence-corrected chi connectivity index (χ3v) is 5.05. The maximum Gasteiger partial charge on any atom is 0.396 e. The van der Waals surface area contributed by atoms with E-state index in [0.717, 1.165) is 0 Å². The van der Waals surface area contributed by atoms with Crippen molar-refractivity contribution in [2.24, 2.45) is 17.8 Å². The number of carbonyl (C=O) groups is 1. The van der Waals surface area contributed by atoms with Gasteiger partial charge in [-0.05, 0) is 47.2 Å². The minimum Gasteiger partial charge on any atom is -0.461 e. The van der Waals surface area contributed by atoms with Gasteiger partial charge in [0.2, 0.25) is 0 Å². The lowest BCUT2D eigenvalue weighted by molar-refractivity contribution is -0.191. The lowest BCUT2D eigenvalue weighted by atomic mass is 9.83. The van der Waals surface area contributed by atoms with E-state index in [9.17, 15) is 18.0 Å². The summed E-state index contributed by atoms with van der Waals surface area (Å²) in [4.78, 5) is 12.5. The van der Waals surface area contributed by atoms with Crippen molar-refractivity contribution < 1.29 is 27.4 Å². The number of alkyl halides is 3. The minimum absolute atomic E-state index is 0.188. The maximum atomic E-state index is 13.5. The highest BCUT2D eigenvalue weighted by Crippen LogP contribution is 2.39. The molecule has 9 heteroatoms. The molecule has 0 saturated heterocycles. The molecule has 0 spiro atoms. The highest BCUT2D eigenvalue weighted by molar-refractivity contribution is 7.11. The van der Waals surface area contributed by atoms with Crippen LogP contribution in [0.2, 0.25) is 0 Å². The summed E-state index contributed by atoms with van der Waals surface area (Å²) in [7, 11) is 0. The topological polar surface area (TPSA) is 35.5 Å². The molecule has 0 amide bonds. The van der Waals surface area contributed by atoms with Crippen molar-refractivity contribution in [2.45, 2.75) is 26.6 Å². The Morgan fingerprint density at radius 1 is 1.21 bits per heavy atom. The fraction of sp³-hybridized carbons (Fsp3) is 0.350. The Morgan fingerprint density at radius 2 is 1.93 bits per heavy atom. The van der Waals surface area contributed by atoms with Gasteiger partial charge in [-0.3, -0.25) is 4.79 Å². The van der Waals surface area contributed by atoms with Crippen LogP contribution in [-0.2, 0) is 16.1 Å². The zero-order chi connectivity index (χ0) is 21.6. The van der Waals surface area contributed by atoms with E-state index < -0.39 is 34.4 Å². The van der Waals surface area contributed by atoms with E-state index in [1.807, 2.05) is 11.4 Å². The second-order valence-electron chi connectivity index (χ2n) is 6.58. The van der Waals surface area contributed by atoms with Gasteiger partial charge in [0.1, 0.15) is 16.8 Å². The van der Waals surface area contributed by atoms with Gasteiger partial charge in [-0.25, -0.2) is 0 Å². The van der Waals surface area contributed by atoms with Gasteiger partial charge >= 0.3 is 12.1 Å². The Hall–Kier alpha value is -1.70. The number of rotatable bonds is 8. The molecule has 1 heterocycles. The molecular weight excluding hydrogens is 448 g/mol. The second kappa shape index (κ2) is 10.4. The first-order valence-corrected chi connectivity index (χ1v) is 10.3. The van der Waals surface area contributed by atoms with Gasteiger partial charge in [-0.1, -0.05) is 49.2 Å². The second-order valence-corrected chi connectivity index (χ2v) is 8.50. The Kier molecular flexibility index (Phi) is 8.43. The smallest absolute Gasteiger partial charge is 0.396 e. The SMILES string of the molecule is CC(C)C(C(=O)OCc1cccc(Oc2cccs2)c1)C(C=C(Cl)Cl)C(F)(F)F. The van der Waals surface area contributed by atoms with Crippen LogP contribution in [0.25, 0.3) is 0 Å². The predicted molar refractivity (Wildman–Crippen MR) is 108 cm³/mol. The van der Waals surface area contributed by atoms with Crippen LogP contribution in [0, 0.1) is 17.8 Å². The van der Waals surface area contributed by atoms with E-state index in [2.05, 4.69) is 0 Å². The molecule has 0 radical (unpaired) electrons. The zero-order valence-electron chi connectivity index (χ0n) is 15.6. The van der Waals surface area contributed by atoms with Gasteiger partial charge in [0.15, 0.2) is 5.06 Å². The first kappa shape index (κ1) is 23.6. The van der Waals surface area contributed by atoms with Crippen LogP contribution in [0.3, 0.4) is 0 Å². The summed E-state index contributed by atoms with van der Waals surface area (Å²) in [5.41, 5.74) is 0.587. The molecule has 0 aliphatic carbocycles. The van der Waals surface area contributed by atoms with Crippen LogP contribution in [0.1, 0.15) is 19.4 Å². The van der Waals surface area contributed by atoms with Crippen LogP contribution in [0.4, 0.5) is 13.2 Å². The first-order chi connectivity index (χ1) is 13.6. The van der Waals surface area contributed by atoms with E-state index in [4.69, 9.17) is 32.7 Å². The Morgan fingerprint density at radius 3 is 2.48 bits per heavy atom. The van der Waals surface area contributed by atoms with Crippen molar-refractivity contribution in [3.63, 3.8) is 0 Å². The average Bonchev–Trinajstić information content (AvgIpc) is 3.11. The molecule has 29 heavy (non-hydrogen) atoms. The Bertz CT molecular complexity index is 832.